The second-order valence-electron chi connectivity index (χ2n) is 2.23. The summed E-state index contributed by atoms with van der Waals surface area (Å²) in [5.41, 5.74) is 1.07. The molecule has 0 aromatic carbocycles. The lowest BCUT2D eigenvalue weighted by atomic mass is 10.2. The molecule has 0 atom stereocenters. The predicted molar refractivity (Wildman–Crippen MR) is 42.1 cm³/mol. The van der Waals surface area contributed by atoms with Crippen molar-refractivity contribution in [2.24, 2.45) is 0 Å². The van der Waals surface area contributed by atoms with Gasteiger partial charge in [-0.15, -0.1) is 0 Å². The number of hydrogen-bond donors (Lipinski definition) is 1. The summed E-state index contributed by atoms with van der Waals surface area (Å²) in [6.07, 6.45) is 7.11. The molecular formula is C8H15N. The first-order valence-electron chi connectivity index (χ1n) is 3.48. The molecule has 0 aliphatic carbocycles. The Morgan fingerprint density at radius 3 is 2.67 bits per heavy atom. The van der Waals surface area contributed by atoms with Crippen molar-refractivity contribution < 1.29 is 0 Å². The standard InChI is InChI=1S/C8H15N/c1-3-4-5-6-8(2)7-9/h6-7,9H,3-5H2,1-2H3/b8-6-,9-7?. The quantitative estimate of drug-likeness (QED) is 0.441. The molecule has 0 rings (SSSR count). The van der Waals surface area contributed by atoms with Crippen molar-refractivity contribution in [1.82, 2.24) is 0 Å². The highest BCUT2D eigenvalue weighted by Gasteiger charge is 1.80. The van der Waals surface area contributed by atoms with Crippen LogP contribution in [-0.2, 0) is 0 Å². The smallest absolute Gasteiger partial charge is 0.0203 e. The van der Waals surface area contributed by atoms with Crippen LogP contribution in [0.15, 0.2) is 11.6 Å². The lowest BCUT2D eigenvalue weighted by Gasteiger charge is -1.89. The molecule has 0 amide bonds. The van der Waals surface area contributed by atoms with Gasteiger partial charge in [-0.1, -0.05) is 25.8 Å². The molecule has 1 N–H and O–H groups in total. The average molecular weight is 125 g/mol. The molecule has 0 radical (unpaired) electrons. The molecule has 0 aromatic rings. The predicted octanol–water partition coefficient (Wildman–Crippen LogP) is 2.77. The maximum atomic E-state index is 6.85. The minimum Gasteiger partial charge on any atom is -0.308 e. The van der Waals surface area contributed by atoms with Crippen LogP contribution >= 0.6 is 0 Å². The van der Waals surface area contributed by atoms with E-state index in [9.17, 15) is 0 Å². The van der Waals surface area contributed by atoms with Crippen molar-refractivity contribution in [3.63, 3.8) is 0 Å². The Hall–Kier alpha value is -0.590. The zero-order chi connectivity index (χ0) is 7.11. The molecule has 0 saturated carbocycles. The van der Waals surface area contributed by atoms with E-state index in [1.807, 2.05) is 6.92 Å². The fourth-order valence-electron chi connectivity index (χ4n) is 0.593. The average Bonchev–Trinajstić information content (AvgIpc) is 1.89. The van der Waals surface area contributed by atoms with E-state index >= 15 is 0 Å². The summed E-state index contributed by atoms with van der Waals surface area (Å²) in [5, 5.41) is 6.85. The Balaban J connectivity index is 3.31. The van der Waals surface area contributed by atoms with Crippen molar-refractivity contribution in [2.75, 3.05) is 0 Å². The topological polar surface area (TPSA) is 23.9 Å². The Morgan fingerprint density at radius 2 is 2.22 bits per heavy atom. The van der Waals surface area contributed by atoms with Gasteiger partial charge >= 0.3 is 0 Å². The Kier molecular flexibility index (Phi) is 5.18. The SMILES string of the molecule is CCCC/C=C(/C)C=N. The van der Waals surface area contributed by atoms with E-state index in [0.717, 1.165) is 12.0 Å². The van der Waals surface area contributed by atoms with Gasteiger partial charge in [-0.05, 0) is 18.9 Å². The first kappa shape index (κ1) is 8.41. The Labute approximate surface area is 57.3 Å². The summed E-state index contributed by atoms with van der Waals surface area (Å²) >= 11 is 0. The highest BCUT2D eigenvalue weighted by molar-refractivity contribution is 5.74. The molecule has 1 nitrogen and oxygen atoms in total. The molecule has 1 heteroatoms. The Morgan fingerprint density at radius 1 is 1.56 bits per heavy atom. The van der Waals surface area contributed by atoms with Crippen LogP contribution in [0.25, 0.3) is 0 Å². The zero-order valence-electron chi connectivity index (χ0n) is 6.28. The number of allylic oxidation sites excluding steroid dienone is 2. The largest absolute Gasteiger partial charge is 0.308 e. The van der Waals surface area contributed by atoms with E-state index in [1.54, 1.807) is 0 Å². The second kappa shape index (κ2) is 5.54. The summed E-state index contributed by atoms with van der Waals surface area (Å²) in [7, 11) is 0. The third kappa shape index (κ3) is 5.28. The molecule has 0 bridgehead atoms. The van der Waals surface area contributed by atoms with E-state index in [-0.39, 0.29) is 0 Å². The van der Waals surface area contributed by atoms with E-state index in [0.29, 0.717) is 0 Å². The summed E-state index contributed by atoms with van der Waals surface area (Å²) < 4.78 is 0. The third-order valence-corrected chi connectivity index (χ3v) is 1.25. The highest BCUT2D eigenvalue weighted by Crippen LogP contribution is 1.97. The van der Waals surface area contributed by atoms with Crippen LogP contribution in [0, 0.1) is 5.41 Å². The molecule has 0 saturated heterocycles. The van der Waals surface area contributed by atoms with Crippen LogP contribution in [0.5, 0.6) is 0 Å². The number of nitrogens with one attached hydrogen (secondary N) is 1. The summed E-state index contributed by atoms with van der Waals surface area (Å²) in [5.74, 6) is 0. The van der Waals surface area contributed by atoms with E-state index < -0.39 is 0 Å². The normalized spacial score (nSPS) is 11.6. The fraction of sp³-hybridized carbons (Fsp3) is 0.625. The van der Waals surface area contributed by atoms with Crippen LogP contribution in [0.2, 0.25) is 0 Å². The maximum Gasteiger partial charge on any atom is 0.0203 e. The molecule has 0 aliphatic heterocycles. The van der Waals surface area contributed by atoms with Gasteiger partial charge in [0.1, 0.15) is 0 Å². The van der Waals surface area contributed by atoms with Crippen LogP contribution in [-0.4, -0.2) is 6.21 Å². The van der Waals surface area contributed by atoms with Gasteiger partial charge in [-0.2, -0.15) is 0 Å². The minimum atomic E-state index is 1.07. The Bertz CT molecular complexity index is 103. The first-order valence-corrected chi connectivity index (χ1v) is 3.48. The molecule has 0 unspecified atom stereocenters. The van der Waals surface area contributed by atoms with E-state index in [1.165, 1.54) is 19.1 Å². The van der Waals surface area contributed by atoms with Gasteiger partial charge in [0, 0.05) is 6.21 Å². The molecule has 0 fully saturated rings. The van der Waals surface area contributed by atoms with Crippen LogP contribution < -0.4 is 0 Å². The third-order valence-electron chi connectivity index (χ3n) is 1.25. The van der Waals surface area contributed by atoms with Crippen molar-refractivity contribution in [3.05, 3.63) is 11.6 Å². The van der Waals surface area contributed by atoms with Crippen molar-refractivity contribution in [3.8, 4) is 0 Å². The summed E-state index contributed by atoms with van der Waals surface area (Å²) in [4.78, 5) is 0. The van der Waals surface area contributed by atoms with Crippen molar-refractivity contribution in [1.29, 1.82) is 5.41 Å². The maximum absolute atomic E-state index is 6.85. The molecule has 9 heavy (non-hydrogen) atoms. The molecule has 0 heterocycles. The first-order chi connectivity index (χ1) is 4.31. The van der Waals surface area contributed by atoms with E-state index in [2.05, 4.69) is 13.0 Å². The lowest BCUT2D eigenvalue weighted by Crippen LogP contribution is -1.75. The van der Waals surface area contributed by atoms with Crippen LogP contribution in [0.4, 0.5) is 0 Å². The zero-order valence-corrected chi connectivity index (χ0v) is 6.28. The molecule has 0 aliphatic rings. The minimum absolute atomic E-state index is 1.07. The molecule has 0 spiro atoms. The second-order valence-corrected chi connectivity index (χ2v) is 2.23. The molecule has 0 aromatic heterocycles. The summed E-state index contributed by atoms with van der Waals surface area (Å²) in [6, 6.07) is 0. The fourth-order valence-corrected chi connectivity index (χ4v) is 0.593. The molecule has 52 valence electrons. The number of rotatable bonds is 4. The van der Waals surface area contributed by atoms with Gasteiger partial charge in [-0.3, -0.25) is 0 Å². The summed E-state index contributed by atoms with van der Waals surface area (Å²) in [6.45, 7) is 4.14. The van der Waals surface area contributed by atoms with Gasteiger partial charge in [0.05, 0.1) is 0 Å². The van der Waals surface area contributed by atoms with Gasteiger partial charge < -0.3 is 5.41 Å². The van der Waals surface area contributed by atoms with Gasteiger partial charge in [0.2, 0.25) is 0 Å². The lowest BCUT2D eigenvalue weighted by molar-refractivity contribution is 0.813. The molecular weight excluding hydrogens is 110 g/mol. The van der Waals surface area contributed by atoms with Crippen LogP contribution in [0.1, 0.15) is 33.1 Å². The number of hydrogen-bond acceptors (Lipinski definition) is 1. The number of unbranched alkanes of at least 4 members (excludes halogenated alkanes) is 2. The van der Waals surface area contributed by atoms with Gasteiger partial charge in [-0.25, -0.2) is 0 Å². The van der Waals surface area contributed by atoms with Crippen LogP contribution in [0.3, 0.4) is 0 Å². The van der Waals surface area contributed by atoms with Crippen molar-refractivity contribution in [2.45, 2.75) is 33.1 Å². The monoisotopic (exact) mass is 125 g/mol. The van der Waals surface area contributed by atoms with Gasteiger partial charge in [0.15, 0.2) is 0 Å². The highest BCUT2D eigenvalue weighted by atomic mass is 14.3. The van der Waals surface area contributed by atoms with Gasteiger partial charge in [0.25, 0.3) is 0 Å². The van der Waals surface area contributed by atoms with Crippen molar-refractivity contribution >= 4 is 6.21 Å². The van der Waals surface area contributed by atoms with E-state index in [4.69, 9.17) is 5.41 Å².